The van der Waals surface area contributed by atoms with E-state index in [1.807, 2.05) is 6.08 Å². The summed E-state index contributed by atoms with van der Waals surface area (Å²) in [6.07, 6.45) is 17.2. The molecule has 1 rings (SSSR count). The van der Waals surface area contributed by atoms with E-state index >= 15 is 0 Å². The molecule has 0 heterocycles. The fourth-order valence-electron chi connectivity index (χ4n) is 2.13. The lowest BCUT2D eigenvalue weighted by Crippen LogP contribution is -1.96. The lowest BCUT2D eigenvalue weighted by molar-refractivity contribution is -0.118. The zero-order valence-corrected chi connectivity index (χ0v) is 11.2. The molecule has 0 unspecified atom stereocenters. The molecule has 0 aromatic carbocycles. The highest BCUT2D eigenvalue weighted by molar-refractivity contribution is 5.99. The molecule has 0 atom stereocenters. The van der Waals surface area contributed by atoms with Crippen LogP contribution in [-0.2, 0) is 9.59 Å². The van der Waals surface area contributed by atoms with Gasteiger partial charge in [-0.05, 0) is 31.4 Å². The van der Waals surface area contributed by atoms with Crippen LogP contribution in [0.2, 0.25) is 0 Å². The van der Waals surface area contributed by atoms with Crippen LogP contribution >= 0.6 is 0 Å². The molecule has 0 saturated carbocycles. The Bertz CT molecular complexity index is 313. The van der Waals surface area contributed by atoms with Gasteiger partial charge in [-0.2, -0.15) is 0 Å². The fourth-order valence-corrected chi connectivity index (χ4v) is 2.13. The first-order valence-electron chi connectivity index (χ1n) is 7.18. The van der Waals surface area contributed by atoms with Gasteiger partial charge in [0, 0.05) is 12.8 Å². The smallest absolute Gasteiger partial charge is 0.178 e. The van der Waals surface area contributed by atoms with Crippen molar-refractivity contribution in [2.45, 2.75) is 64.2 Å². The first-order chi connectivity index (χ1) is 8.79. The third-order valence-electron chi connectivity index (χ3n) is 3.24. The Hall–Kier alpha value is -1.18. The molecule has 0 aromatic rings. The molecule has 18 heavy (non-hydrogen) atoms. The molecule has 0 spiro atoms. The Kier molecular flexibility index (Phi) is 8.11. The monoisotopic (exact) mass is 248 g/mol. The summed E-state index contributed by atoms with van der Waals surface area (Å²) in [7, 11) is 0. The van der Waals surface area contributed by atoms with E-state index in [9.17, 15) is 9.59 Å². The van der Waals surface area contributed by atoms with Crippen molar-refractivity contribution in [1.82, 2.24) is 0 Å². The molecule has 2 nitrogen and oxygen atoms in total. The summed E-state index contributed by atoms with van der Waals surface area (Å²) in [5.41, 5.74) is 0. The summed E-state index contributed by atoms with van der Waals surface area (Å²) in [5.74, 6) is 0.241. The number of ketones is 2. The van der Waals surface area contributed by atoms with Crippen molar-refractivity contribution in [3.05, 3.63) is 24.3 Å². The van der Waals surface area contributed by atoms with Gasteiger partial charge in [-0.1, -0.05) is 44.3 Å². The highest BCUT2D eigenvalue weighted by atomic mass is 16.1. The van der Waals surface area contributed by atoms with Crippen LogP contribution in [0.25, 0.3) is 0 Å². The fraction of sp³-hybridized carbons (Fsp3) is 0.625. The largest absolute Gasteiger partial charge is 0.299 e. The number of carbonyl (C=O) groups excluding carboxylic acids is 2. The van der Waals surface area contributed by atoms with Crippen molar-refractivity contribution < 1.29 is 9.59 Å². The predicted molar refractivity (Wildman–Crippen MR) is 74.5 cm³/mol. The van der Waals surface area contributed by atoms with Crippen LogP contribution in [0.1, 0.15) is 64.2 Å². The molecule has 0 aromatic heterocycles. The van der Waals surface area contributed by atoms with Gasteiger partial charge in [0.2, 0.25) is 0 Å². The molecule has 100 valence electrons. The Morgan fingerprint density at radius 2 is 1.33 bits per heavy atom. The minimum absolute atomic E-state index is 0.00473. The second-order valence-corrected chi connectivity index (χ2v) is 4.96. The second-order valence-electron chi connectivity index (χ2n) is 4.96. The number of Topliss-reactive ketones (excluding diaryl/α,β-unsaturated/α-hetero) is 1. The van der Waals surface area contributed by atoms with Gasteiger partial charge in [0.05, 0.1) is 0 Å². The van der Waals surface area contributed by atoms with Crippen LogP contribution in [-0.4, -0.2) is 11.6 Å². The van der Waals surface area contributed by atoms with Crippen LogP contribution in [0.4, 0.5) is 0 Å². The van der Waals surface area contributed by atoms with Crippen LogP contribution in [0.15, 0.2) is 24.3 Å². The Labute approximate surface area is 110 Å². The number of carbonyl (C=O) groups is 2. The topological polar surface area (TPSA) is 34.1 Å². The predicted octanol–water partition coefficient (Wildman–Crippen LogP) is 4.15. The van der Waals surface area contributed by atoms with E-state index in [0.717, 1.165) is 19.3 Å². The number of hydrogen-bond donors (Lipinski definition) is 0. The standard InChI is InChI=1S/C16H24O2/c17-15-11-8-6-4-2-1-3-5-7-9-12-16(18)14-10-13-15/h8,10-11,13H,1-7,9,12,14H2/b11-8-,13-10-. The average Bonchev–Trinajstić information content (AvgIpc) is 2.34. The Morgan fingerprint density at radius 1 is 0.722 bits per heavy atom. The molecule has 0 fully saturated rings. The molecule has 0 bridgehead atoms. The van der Waals surface area contributed by atoms with Gasteiger partial charge in [-0.25, -0.2) is 0 Å². The van der Waals surface area contributed by atoms with Gasteiger partial charge in [-0.15, -0.1) is 0 Å². The highest BCUT2D eigenvalue weighted by Crippen LogP contribution is 2.11. The van der Waals surface area contributed by atoms with Crippen molar-refractivity contribution in [3.8, 4) is 0 Å². The van der Waals surface area contributed by atoms with Crippen LogP contribution in [0.3, 0.4) is 0 Å². The zero-order chi connectivity index (χ0) is 13.1. The second kappa shape index (κ2) is 9.81. The third kappa shape index (κ3) is 7.99. The maximum Gasteiger partial charge on any atom is 0.178 e. The van der Waals surface area contributed by atoms with Crippen LogP contribution < -0.4 is 0 Å². The van der Waals surface area contributed by atoms with Gasteiger partial charge < -0.3 is 0 Å². The summed E-state index contributed by atoms with van der Waals surface area (Å²) in [5, 5.41) is 0. The van der Waals surface area contributed by atoms with Gasteiger partial charge in [-0.3, -0.25) is 9.59 Å². The van der Waals surface area contributed by atoms with E-state index in [2.05, 4.69) is 0 Å². The minimum atomic E-state index is -0.00473. The molecule has 0 aliphatic heterocycles. The number of hydrogen-bond acceptors (Lipinski definition) is 2. The first-order valence-corrected chi connectivity index (χ1v) is 7.18. The van der Waals surface area contributed by atoms with E-state index in [1.165, 1.54) is 38.2 Å². The van der Waals surface area contributed by atoms with Crippen molar-refractivity contribution in [3.63, 3.8) is 0 Å². The molecule has 1 aliphatic rings. The van der Waals surface area contributed by atoms with E-state index in [1.54, 1.807) is 12.2 Å². The lowest BCUT2D eigenvalue weighted by Gasteiger charge is -2.01. The summed E-state index contributed by atoms with van der Waals surface area (Å²) in [6, 6.07) is 0. The lowest BCUT2D eigenvalue weighted by atomic mass is 10.0. The first kappa shape index (κ1) is 14.9. The molecule has 0 saturated heterocycles. The molecular weight excluding hydrogens is 224 g/mol. The van der Waals surface area contributed by atoms with Crippen LogP contribution in [0, 0.1) is 0 Å². The van der Waals surface area contributed by atoms with Gasteiger partial charge in [0.15, 0.2) is 5.78 Å². The molecule has 0 N–H and O–H groups in total. The summed E-state index contributed by atoms with van der Waals surface area (Å²) >= 11 is 0. The highest BCUT2D eigenvalue weighted by Gasteiger charge is 2.00. The summed E-state index contributed by atoms with van der Waals surface area (Å²) in [6.45, 7) is 0. The number of allylic oxidation sites excluding steroid dienone is 4. The van der Waals surface area contributed by atoms with Crippen molar-refractivity contribution in [2.75, 3.05) is 0 Å². The van der Waals surface area contributed by atoms with Gasteiger partial charge in [0.1, 0.15) is 5.78 Å². The average molecular weight is 248 g/mol. The summed E-state index contributed by atoms with van der Waals surface area (Å²) in [4.78, 5) is 22.9. The van der Waals surface area contributed by atoms with Crippen molar-refractivity contribution >= 4 is 11.6 Å². The zero-order valence-electron chi connectivity index (χ0n) is 11.2. The van der Waals surface area contributed by atoms with Gasteiger partial charge >= 0.3 is 0 Å². The quantitative estimate of drug-likeness (QED) is 0.645. The van der Waals surface area contributed by atoms with Gasteiger partial charge in [0.25, 0.3) is 0 Å². The Morgan fingerprint density at radius 3 is 2.11 bits per heavy atom. The molecular formula is C16H24O2. The molecule has 0 radical (unpaired) electrons. The van der Waals surface area contributed by atoms with E-state index < -0.39 is 0 Å². The summed E-state index contributed by atoms with van der Waals surface area (Å²) < 4.78 is 0. The third-order valence-corrected chi connectivity index (χ3v) is 3.24. The van der Waals surface area contributed by atoms with Crippen molar-refractivity contribution in [2.24, 2.45) is 0 Å². The Balaban J connectivity index is 2.40. The number of rotatable bonds is 0. The van der Waals surface area contributed by atoms with Crippen molar-refractivity contribution in [1.29, 1.82) is 0 Å². The maximum atomic E-state index is 11.5. The minimum Gasteiger partial charge on any atom is -0.299 e. The molecule has 1 aliphatic carbocycles. The normalized spacial score (nSPS) is 24.7. The maximum absolute atomic E-state index is 11.5. The van der Waals surface area contributed by atoms with E-state index in [0.29, 0.717) is 12.8 Å². The van der Waals surface area contributed by atoms with E-state index in [-0.39, 0.29) is 11.6 Å². The van der Waals surface area contributed by atoms with Crippen LogP contribution in [0.5, 0.6) is 0 Å². The molecule has 2 heteroatoms. The molecule has 0 amide bonds. The van der Waals surface area contributed by atoms with E-state index in [4.69, 9.17) is 0 Å². The SMILES string of the molecule is O=C1/C=C\CCCCCCCCCC(=O)C/C=C\1.